The lowest BCUT2D eigenvalue weighted by atomic mass is 10.3. The highest BCUT2D eigenvalue weighted by Crippen LogP contribution is 2.03. The van der Waals surface area contributed by atoms with E-state index in [2.05, 4.69) is 14.9 Å². The molecule has 10 nitrogen and oxygen atoms in total. The van der Waals surface area contributed by atoms with Crippen molar-refractivity contribution in [3.63, 3.8) is 0 Å². The molecule has 1 unspecified atom stereocenters. The van der Waals surface area contributed by atoms with Crippen LogP contribution in [0.25, 0.3) is 0 Å². The topological polar surface area (TPSA) is 120 Å². The molecule has 0 aromatic carbocycles. The standard InChI is InChI=1S/C16H20N2O8/c1-23-13(19)4-6-15(21)25-11-12(10-18-9-3-8-17-18)26-16(22)7-5-14(20)24-2/h3-7,9,12,17H,8,10-11H2,1-2H3/b6-4+,7-5+. The van der Waals surface area contributed by atoms with Crippen LogP contribution in [-0.4, -0.2) is 68.9 Å². The summed E-state index contributed by atoms with van der Waals surface area (Å²) in [5.41, 5.74) is 2.98. The zero-order valence-electron chi connectivity index (χ0n) is 14.4. The molecule has 0 saturated carbocycles. The van der Waals surface area contributed by atoms with Crippen molar-refractivity contribution in [2.75, 3.05) is 33.9 Å². The quantitative estimate of drug-likeness (QED) is 0.316. The third-order valence-corrected chi connectivity index (χ3v) is 2.91. The van der Waals surface area contributed by atoms with Crippen LogP contribution in [0.4, 0.5) is 0 Å². The summed E-state index contributed by atoms with van der Waals surface area (Å²) in [5.74, 6) is -3.01. The summed E-state index contributed by atoms with van der Waals surface area (Å²) in [6, 6.07) is 0. The van der Waals surface area contributed by atoms with E-state index in [-0.39, 0.29) is 13.2 Å². The smallest absolute Gasteiger partial charge is 0.331 e. The summed E-state index contributed by atoms with van der Waals surface area (Å²) < 4.78 is 18.8. The van der Waals surface area contributed by atoms with Gasteiger partial charge in [0.25, 0.3) is 0 Å². The maximum atomic E-state index is 11.8. The van der Waals surface area contributed by atoms with Crippen LogP contribution in [0.3, 0.4) is 0 Å². The van der Waals surface area contributed by atoms with Gasteiger partial charge >= 0.3 is 23.9 Å². The number of rotatable bonds is 9. The molecule has 0 spiro atoms. The van der Waals surface area contributed by atoms with E-state index in [0.717, 1.165) is 24.3 Å². The van der Waals surface area contributed by atoms with Crippen LogP contribution in [0.5, 0.6) is 0 Å². The molecular weight excluding hydrogens is 348 g/mol. The van der Waals surface area contributed by atoms with Crippen LogP contribution in [0.15, 0.2) is 36.6 Å². The second kappa shape index (κ2) is 11.4. The number of carbonyl (C=O) groups excluding carboxylic acids is 4. The third kappa shape index (κ3) is 8.64. The van der Waals surface area contributed by atoms with Gasteiger partial charge in [0.05, 0.1) is 20.8 Å². The molecule has 1 aliphatic heterocycles. The number of methoxy groups -OCH3 is 2. The molecule has 142 valence electrons. The molecule has 1 rings (SSSR count). The number of carbonyl (C=O) groups is 4. The first-order valence-corrected chi connectivity index (χ1v) is 7.50. The van der Waals surface area contributed by atoms with Gasteiger partial charge in [-0.1, -0.05) is 6.08 Å². The van der Waals surface area contributed by atoms with Gasteiger partial charge in [-0.15, -0.1) is 0 Å². The second-order valence-electron chi connectivity index (χ2n) is 4.80. The molecule has 1 atom stereocenters. The highest BCUT2D eigenvalue weighted by atomic mass is 16.6. The van der Waals surface area contributed by atoms with Gasteiger partial charge in [0.1, 0.15) is 6.61 Å². The Bertz CT molecular complexity index is 611. The van der Waals surface area contributed by atoms with Crippen molar-refractivity contribution >= 4 is 23.9 Å². The minimum Gasteiger partial charge on any atom is -0.466 e. The SMILES string of the molecule is COC(=O)/C=C/C(=O)OCC(CN1C=CCN1)OC(=O)/C=C/C(=O)OC. The molecule has 0 fully saturated rings. The van der Waals surface area contributed by atoms with Crippen molar-refractivity contribution in [3.8, 4) is 0 Å². The lowest BCUT2D eigenvalue weighted by Gasteiger charge is -2.23. The molecule has 0 saturated heterocycles. The summed E-state index contributed by atoms with van der Waals surface area (Å²) in [5, 5.41) is 1.65. The molecule has 0 aromatic heterocycles. The average Bonchev–Trinajstić information content (AvgIpc) is 3.14. The first-order valence-electron chi connectivity index (χ1n) is 7.50. The fourth-order valence-electron chi connectivity index (χ4n) is 1.71. The summed E-state index contributed by atoms with van der Waals surface area (Å²) in [7, 11) is 2.35. The van der Waals surface area contributed by atoms with Gasteiger partial charge in [0.2, 0.25) is 0 Å². The molecule has 0 radical (unpaired) electrons. The van der Waals surface area contributed by atoms with Crippen LogP contribution < -0.4 is 5.43 Å². The van der Waals surface area contributed by atoms with Gasteiger partial charge in [0, 0.05) is 37.0 Å². The summed E-state index contributed by atoms with van der Waals surface area (Å²) in [6.45, 7) is 0.557. The van der Waals surface area contributed by atoms with Crippen LogP contribution in [0.1, 0.15) is 0 Å². The van der Waals surface area contributed by atoms with Crippen LogP contribution in [-0.2, 0) is 38.1 Å². The van der Waals surface area contributed by atoms with Gasteiger partial charge < -0.3 is 24.0 Å². The maximum absolute atomic E-state index is 11.8. The molecule has 0 amide bonds. The summed E-state index contributed by atoms with van der Waals surface area (Å²) in [4.78, 5) is 45.2. The monoisotopic (exact) mass is 368 g/mol. The van der Waals surface area contributed by atoms with Gasteiger partial charge in [0.15, 0.2) is 6.10 Å². The molecule has 0 aliphatic carbocycles. The van der Waals surface area contributed by atoms with Crippen molar-refractivity contribution in [2.24, 2.45) is 0 Å². The van der Waals surface area contributed by atoms with E-state index in [1.165, 1.54) is 14.2 Å². The second-order valence-corrected chi connectivity index (χ2v) is 4.80. The van der Waals surface area contributed by atoms with E-state index in [9.17, 15) is 19.2 Å². The largest absolute Gasteiger partial charge is 0.466 e. The number of ether oxygens (including phenoxy) is 4. The molecule has 1 heterocycles. The van der Waals surface area contributed by atoms with E-state index in [1.807, 2.05) is 6.08 Å². The van der Waals surface area contributed by atoms with Gasteiger partial charge in [-0.3, -0.25) is 0 Å². The van der Waals surface area contributed by atoms with Crippen molar-refractivity contribution in [1.82, 2.24) is 10.4 Å². The Morgan fingerprint density at radius 1 is 1.00 bits per heavy atom. The lowest BCUT2D eigenvalue weighted by molar-refractivity contribution is -0.153. The van der Waals surface area contributed by atoms with E-state index >= 15 is 0 Å². The molecule has 1 N–H and O–H groups in total. The highest BCUT2D eigenvalue weighted by molar-refractivity contribution is 5.92. The normalized spacial score (nSPS) is 14.5. The summed E-state index contributed by atoms with van der Waals surface area (Å²) >= 11 is 0. The fraction of sp³-hybridized carbons (Fsp3) is 0.375. The molecule has 0 aromatic rings. The maximum Gasteiger partial charge on any atom is 0.331 e. The van der Waals surface area contributed by atoms with E-state index in [0.29, 0.717) is 6.54 Å². The molecule has 0 bridgehead atoms. The molecule has 1 aliphatic rings. The predicted octanol–water partition coefficient (Wildman–Crippen LogP) is -0.766. The molecule has 10 heteroatoms. The number of nitrogens with one attached hydrogen (secondary N) is 1. The zero-order chi connectivity index (χ0) is 19.4. The Morgan fingerprint density at radius 2 is 1.58 bits per heavy atom. The summed E-state index contributed by atoms with van der Waals surface area (Å²) in [6.07, 6.45) is 6.40. The molecule has 26 heavy (non-hydrogen) atoms. The zero-order valence-corrected chi connectivity index (χ0v) is 14.4. The fourth-order valence-corrected chi connectivity index (χ4v) is 1.71. The Balaban J connectivity index is 2.59. The van der Waals surface area contributed by atoms with Crippen molar-refractivity contribution in [2.45, 2.75) is 6.10 Å². The number of esters is 4. The van der Waals surface area contributed by atoms with Crippen LogP contribution in [0, 0.1) is 0 Å². The third-order valence-electron chi connectivity index (χ3n) is 2.91. The van der Waals surface area contributed by atoms with Crippen molar-refractivity contribution in [1.29, 1.82) is 0 Å². The van der Waals surface area contributed by atoms with E-state index in [4.69, 9.17) is 9.47 Å². The predicted molar refractivity (Wildman–Crippen MR) is 87.0 cm³/mol. The van der Waals surface area contributed by atoms with E-state index in [1.54, 1.807) is 11.2 Å². The minimum atomic E-state index is -0.824. The first-order chi connectivity index (χ1) is 12.4. The first kappa shape index (κ1) is 20.9. The highest BCUT2D eigenvalue weighted by Gasteiger charge is 2.19. The van der Waals surface area contributed by atoms with Gasteiger partial charge in [-0.25, -0.2) is 24.6 Å². The number of hydrazine groups is 1. The van der Waals surface area contributed by atoms with Crippen LogP contribution in [0.2, 0.25) is 0 Å². The van der Waals surface area contributed by atoms with Crippen molar-refractivity contribution in [3.05, 3.63) is 36.6 Å². The number of hydrogen-bond acceptors (Lipinski definition) is 10. The van der Waals surface area contributed by atoms with Crippen molar-refractivity contribution < 1.29 is 38.1 Å². The number of nitrogens with zero attached hydrogens (tertiary/aromatic N) is 1. The Kier molecular flexibility index (Phi) is 9.18. The van der Waals surface area contributed by atoms with Gasteiger partial charge in [-0.2, -0.15) is 0 Å². The Morgan fingerprint density at radius 3 is 2.12 bits per heavy atom. The lowest BCUT2D eigenvalue weighted by Crippen LogP contribution is -2.40. The minimum absolute atomic E-state index is 0.197. The Hall–Kier alpha value is -3.14. The van der Waals surface area contributed by atoms with Crippen LogP contribution >= 0.6 is 0 Å². The Labute approximate surface area is 150 Å². The average molecular weight is 368 g/mol. The molecular formula is C16H20N2O8. The van der Waals surface area contributed by atoms with Gasteiger partial charge in [-0.05, 0) is 0 Å². The van der Waals surface area contributed by atoms with E-state index < -0.39 is 30.0 Å². The number of hydrogen-bond donors (Lipinski definition) is 1.